The number of aryl methyl sites for hydroxylation is 1. The van der Waals surface area contributed by atoms with Crippen LogP contribution in [0, 0.1) is 6.92 Å². The minimum atomic E-state index is -0.111. The molecular weight excluding hydrogens is 288 g/mol. The summed E-state index contributed by atoms with van der Waals surface area (Å²) >= 11 is 3.00. The van der Waals surface area contributed by atoms with Gasteiger partial charge in [-0.05, 0) is 23.9 Å². The summed E-state index contributed by atoms with van der Waals surface area (Å²) in [6.07, 6.45) is 0. The van der Waals surface area contributed by atoms with E-state index in [0.29, 0.717) is 10.7 Å². The van der Waals surface area contributed by atoms with Gasteiger partial charge < -0.3 is 0 Å². The SMILES string of the molecule is Cc1nc(NC(=O)c2ccsc2)sc1-c1ccccc1. The molecule has 0 unspecified atom stereocenters. The molecule has 0 bridgehead atoms. The summed E-state index contributed by atoms with van der Waals surface area (Å²) in [4.78, 5) is 17.5. The summed E-state index contributed by atoms with van der Waals surface area (Å²) in [6, 6.07) is 11.9. The highest BCUT2D eigenvalue weighted by molar-refractivity contribution is 7.19. The Morgan fingerprint density at radius 1 is 1.20 bits per heavy atom. The zero-order valence-corrected chi connectivity index (χ0v) is 12.4. The van der Waals surface area contributed by atoms with E-state index in [0.717, 1.165) is 16.1 Å². The highest BCUT2D eigenvalue weighted by Crippen LogP contribution is 2.32. The summed E-state index contributed by atoms with van der Waals surface area (Å²) in [5, 5.41) is 7.20. The van der Waals surface area contributed by atoms with E-state index in [2.05, 4.69) is 10.3 Å². The molecule has 2 aromatic heterocycles. The highest BCUT2D eigenvalue weighted by Gasteiger charge is 2.13. The van der Waals surface area contributed by atoms with Gasteiger partial charge in [0, 0.05) is 5.38 Å². The maximum atomic E-state index is 12.0. The average molecular weight is 300 g/mol. The number of hydrogen-bond donors (Lipinski definition) is 1. The van der Waals surface area contributed by atoms with Crippen molar-refractivity contribution in [3.05, 3.63) is 58.4 Å². The minimum Gasteiger partial charge on any atom is -0.298 e. The lowest BCUT2D eigenvalue weighted by atomic mass is 10.2. The molecule has 3 nitrogen and oxygen atoms in total. The van der Waals surface area contributed by atoms with Crippen LogP contribution in [0.5, 0.6) is 0 Å². The Morgan fingerprint density at radius 3 is 2.70 bits per heavy atom. The van der Waals surface area contributed by atoms with Crippen molar-refractivity contribution >= 4 is 33.7 Å². The van der Waals surface area contributed by atoms with Crippen LogP contribution in [0.4, 0.5) is 5.13 Å². The van der Waals surface area contributed by atoms with Crippen molar-refractivity contribution in [1.82, 2.24) is 4.98 Å². The number of carbonyl (C=O) groups excluding carboxylic acids is 1. The number of nitrogens with one attached hydrogen (secondary N) is 1. The van der Waals surface area contributed by atoms with Crippen molar-refractivity contribution in [3.8, 4) is 10.4 Å². The molecule has 0 spiro atoms. The van der Waals surface area contributed by atoms with Crippen LogP contribution in [-0.4, -0.2) is 10.9 Å². The van der Waals surface area contributed by atoms with Crippen LogP contribution in [0.15, 0.2) is 47.2 Å². The molecular formula is C15H12N2OS2. The Hall–Kier alpha value is -1.98. The molecule has 5 heteroatoms. The second-order valence-electron chi connectivity index (χ2n) is 4.27. The van der Waals surface area contributed by atoms with Gasteiger partial charge in [0.05, 0.1) is 16.1 Å². The van der Waals surface area contributed by atoms with Crippen molar-refractivity contribution in [2.75, 3.05) is 5.32 Å². The maximum Gasteiger partial charge on any atom is 0.258 e. The quantitative estimate of drug-likeness (QED) is 0.777. The van der Waals surface area contributed by atoms with Gasteiger partial charge in [-0.2, -0.15) is 11.3 Å². The van der Waals surface area contributed by atoms with E-state index in [1.165, 1.54) is 22.7 Å². The maximum absolute atomic E-state index is 12.0. The topological polar surface area (TPSA) is 42.0 Å². The predicted molar refractivity (Wildman–Crippen MR) is 84.6 cm³/mol. The minimum absolute atomic E-state index is 0.111. The third-order valence-electron chi connectivity index (χ3n) is 2.84. The van der Waals surface area contributed by atoms with Crippen LogP contribution in [0.1, 0.15) is 16.1 Å². The lowest BCUT2D eigenvalue weighted by molar-refractivity contribution is 0.102. The number of benzene rings is 1. The summed E-state index contributed by atoms with van der Waals surface area (Å²) < 4.78 is 0. The lowest BCUT2D eigenvalue weighted by Crippen LogP contribution is -2.10. The van der Waals surface area contributed by atoms with Crippen molar-refractivity contribution in [2.24, 2.45) is 0 Å². The zero-order valence-electron chi connectivity index (χ0n) is 10.8. The van der Waals surface area contributed by atoms with E-state index in [-0.39, 0.29) is 5.91 Å². The molecule has 0 aliphatic carbocycles. The van der Waals surface area contributed by atoms with E-state index in [1.807, 2.05) is 48.0 Å². The fraction of sp³-hybridized carbons (Fsp3) is 0.0667. The van der Waals surface area contributed by atoms with Crippen LogP contribution in [0.25, 0.3) is 10.4 Å². The van der Waals surface area contributed by atoms with Gasteiger partial charge in [0.25, 0.3) is 5.91 Å². The van der Waals surface area contributed by atoms with Gasteiger partial charge >= 0.3 is 0 Å². The fourth-order valence-electron chi connectivity index (χ4n) is 1.87. The molecule has 0 radical (unpaired) electrons. The fourth-order valence-corrected chi connectivity index (χ4v) is 3.47. The number of thiophene rings is 1. The largest absolute Gasteiger partial charge is 0.298 e. The first-order valence-electron chi connectivity index (χ1n) is 6.10. The molecule has 0 saturated heterocycles. The number of hydrogen-bond acceptors (Lipinski definition) is 4. The third-order valence-corrected chi connectivity index (χ3v) is 4.64. The number of nitrogens with zero attached hydrogens (tertiary/aromatic N) is 1. The highest BCUT2D eigenvalue weighted by atomic mass is 32.1. The van der Waals surface area contributed by atoms with Crippen molar-refractivity contribution in [2.45, 2.75) is 6.92 Å². The van der Waals surface area contributed by atoms with Crippen LogP contribution < -0.4 is 5.32 Å². The molecule has 2 heterocycles. The standard InChI is InChI=1S/C15H12N2OS2/c1-10-13(11-5-3-2-4-6-11)20-15(16-10)17-14(18)12-7-8-19-9-12/h2-9H,1H3,(H,16,17,18). The second-order valence-corrected chi connectivity index (χ2v) is 6.04. The van der Waals surface area contributed by atoms with Gasteiger partial charge in [-0.1, -0.05) is 41.7 Å². The summed E-state index contributed by atoms with van der Waals surface area (Å²) in [5.41, 5.74) is 2.73. The van der Waals surface area contributed by atoms with E-state index >= 15 is 0 Å². The number of anilines is 1. The van der Waals surface area contributed by atoms with Crippen LogP contribution in [0.3, 0.4) is 0 Å². The van der Waals surface area contributed by atoms with Gasteiger partial charge in [-0.25, -0.2) is 4.98 Å². The Balaban J connectivity index is 1.85. The van der Waals surface area contributed by atoms with Crippen molar-refractivity contribution < 1.29 is 4.79 Å². The Kier molecular flexibility index (Phi) is 3.62. The van der Waals surface area contributed by atoms with Gasteiger partial charge in [0.2, 0.25) is 0 Å². The molecule has 3 aromatic rings. The Bertz CT molecular complexity index is 718. The van der Waals surface area contributed by atoms with Gasteiger partial charge in [-0.3, -0.25) is 10.1 Å². The first-order chi connectivity index (χ1) is 9.74. The average Bonchev–Trinajstić information content (AvgIpc) is 3.09. The van der Waals surface area contributed by atoms with Gasteiger partial charge in [0.1, 0.15) is 0 Å². The molecule has 1 aromatic carbocycles. The number of aromatic nitrogens is 1. The molecule has 0 atom stereocenters. The van der Waals surface area contributed by atoms with E-state index in [9.17, 15) is 4.79 Å². The first-order valence-corrected chi connectivity index (χ1v) is 7.86. The molecule has 0 fully saturated rings. The van der Waals surface area contributed by atoms with Crippen molar-refractivity contribution in [3.63, 3.8) is 0 Å². The van der Waals surface area contributed by atoms with Crippen LogP contribution >= 0.6 is 22.7 Å². The lowest BCUT2D eigenvalue weighted by Gasteiger charge is -1.98. The molecule has 100 valence electrons. The molecule has 0 aliphatic rings. The monoisotopic (exact) mass is 300 g/mol. The first kappa shape index (κ1) is 13.0. The number of rotatable bonds is 3. The Labute approximate surface area is 124 Å². The smallest absolute Gasteiger partial charge is 0.258 e. The Morgan fingerprint density at radius 2 is 2.00 bits per heavy atom. The van der Waals surface area contributed by atoms with Gasteiger partial charge in [-0.15, -0.1) is 0 Å². The number of amides is 1. The number of carbonyl (C=O) groups is 1. The van der Waals surface area contributed by atoms with Gasteiger partial charge in [0.15, 0.2) is 5.13 Å². The molecule has 1 amide bonds. The zero-order chi connectivity index (χ0) is 13.9. The summed E-state index contributed by atoms with van der Waals surface area (Å²) in [7, 11) is 0. The molecule has 20 heavy (non-hydrogen) atoms. The molecule has 0 saturated carbocycles. The van der Waals surface area contributed by atoms with Crippen LogP contribution in [0.2, 0.25) is 0 Å². The second kappa shape index (κ2) is 5.56. The summed E-state index contributed by atoms with van der Waals surface area (Å²) in [6.45, 7) is 1.96. The number of thiazole rings is 1. The third kappa shape index (κ3) is 2.64. The normalized spacial score (nSPS) is 10.4. The molecule has 0 aliphatic heterocycles. The van der Waals surface area contributed by atoms with Crippen LogP contribution in [-0.2, 0) is 0 Å². The molecule has 3 rings (SSSR count). The molecule has 1 N–H and O–H groups in total. The van der Waals surface area contributed by atoms with Crippen molar-refractivity contribution in [1.29, 1.82) is 0 Å². The predicted octanol–water partition coefficient (Wildman–Crippen LogP) is 4.43. The van der Waals surface area contributed by atoms with E-state index in [4.69, 9.17) is 0 Å². The van der Waals surface area contributed by atoms with E-state index < -0.39 is 0 Å². The van der Waals surface area contributed by atoms with E-state index in [1.54, 1.807) is 6.07 Å². The summed E-state index contributed by atoms with van der Waals surface area (Å²) in [5.74, 6) is -0.111.